The van der Waals surface area contributed by atoms with Gasteiger partial charge in [0.15, 0.2) is 0 Å². The molecular weight excluding hydrogens is 184 g/mol. The molecule has 0 radical (unpaired) electrons. The number of hydrogen-bond acceptors (Lipinski definition) is 2. The van der Waals surface area contributed by atoms with Gasteiger partial charge in [0.1, 0.15) is 0 Å². The quantitative estimate of drug-likeness (QED) is 0.793. The van der Waals surface area contributed by atoms with E-state index in [1.807, 2.05) is 6.07 Å². The summed E-state index contributed by atoms with van der Waals surface area (Å²) in [5.41, 5.74) is 5.98. The Kier molecular flexibility index (Phi) is 2.78. The molecule has 1 aromatic carbocycles. The third kappa shape index (κ3) is 2.05. The minimum absolute atomic E-state index is 0.449. The molecule has 0 amide bonds. The van der Waals surface area contributed by atoms with Crippen LogP contribution in [0.15, 0.2) is 42.1 Å². The second-order valence-corrected chi connectivity index (χ2v) is 4.38. The first-order valence-corrected chi connectivity index (χ1v) is 5.48. The molecule has 0 bridgehead atoms. The van der Waals surface area contributed by atoms with E-state index in [0.717, 1.165) is 0 Å². The molecule has 0 spiro atoms. The van der Waals surface area contributed by atoms with Gasteiger partial charge in [-0.3, -0.25) is 5.01 Å². The van der Waals surface area contributed by atoms with Gasteiger partial charge in [-0.25, -0.2) is 5.43 Å². The molecule has 1 unspecified atom stereocenters. The van der Waals surface area contributed by atoms with E-state index >= 15 is 0 Å². The van der Waals surface area contributed by atoms with Crippen LogP contribution in [-0.2, 0) is 0 Å². The second kappa shape index (κ2) is 4.07. The van der Waals surface area contributed by atoms with Crippen LogP contribution in [-0.4, -0.2) is 6.04 Å². The van der Waals surface area contributed by atoms with Crippen LogP contribution in [0.3, 0.4) is 0 Å². The molecule has 80 valence electrons. The fraction of sp³-hybridized carbons (Fsp3) is 0.385. The lowest BCUT2D eigenvalue weighted by Gasteiger charge is -2.23. The molecule has 15 heavy (non-hydrogen) atoms. The van der Waals surface area contributed by atoms with Crippen molar-refractivity contribution >= 4 is 5.69 Å². The van der Waals surface area contributed by atoms with Gasteiger partial charge in [0.25, 0.3) is 0 Å². The van der Waals surface area contributed by atoms with Crippen molar-refractivity contribution in [3.63, 3.8) is 0 Å². The molecular formula is C13H18N2. The Labute approximate surface area is 91.6 Å². The van der Waals surface area contributed by atoms with Crippen LogP contribution >= 0.6 is 0 Å². The van der Waals surface area contributed by atoms with Crippen molar-refractivity contribution in [2.75, 3.05) is 5.01 Å². The Morgan fingerprint density at radius 2 is 1.87 bits per heavy atom. The molecule has 0 aliphatic carbocycles. The molecule has 1 N–H and O–H groups in total. The lowest BCUT2D eigenvalue weighted by atomic mass is 10.1. The van der Waals surface area contributed by atoms with Gasteiger partial charge in [-0.1, -0.05) is 32.0 Å². The number of anilines is 1. The van der Waals surface area contributed by atoms with Crippen molar-refractivity contribution in [2.24, 2.45) is 5.92 Å². The monoisotopic (exact) mass is 202 g/mol. The van der Waals surface area contributed by atoms with E-state index in [-0.39, 0.29) is 0 Å². The summed E-state index contributed by atoms with van der Waals surface area (Å²) >= 11 is 0. The molecule has 1 atom stereocenters. The fourth-order valence-corrected chi connectivity index (χ4v) is 1.82. The van der Waals surface area contributed by atoms with Crippen molar-refractivity contribution in [1.82, 2.24) is 5.43 Å². The van der Waals surface area contributed by atoms with Crippen molar-refractivity contribution in [1.29, 1.82) is 0 Å². The summed E-state index contributed by atoms with van der Waals surface area (Å²) in [6.07, 6.45) is 2.29. The largest absolute Gasteiger partial charge is 0.281 e. The Bertz CT molecular complexity index is 354. The van der Waals surface area contributed by atoms with Gasteiger partial charge in [-0.2, -0.15) is 0 Å². The topological polar surface area (TPSA) is 15.3 Å². The molecule has 1 aliphatic heterocycles. The number of benzene rings is 1. The highest BCUT2D eigenvalue weighted by Gasteiger charge is 2.22. The maximum atomic E-state index is 3.50. The average Bonchev–Trinajstić information content (AvgIpc) is 2.62. The Morgan fingerprint density at radius 3 is 2.40 bits per heavy atom. The highest BCUT2D eigenvalue weighted by atomic mass is 15.5. The van der Waals surface area contributed by atoms with Gasteiger partial charge < -0.3 is 0 Å². The standard InChI is InChI=1S/C13H18N2/c1-10(2)13-9-11(3)15(14-13)12-7-5-4-6-8-12/h4-10,13-14H,1-3H3. The molecule has 1 aromatic rings. The summed E-state index contributed by atoms with van der Waals surface area (Å²) in [4.78, 5) is 0. The van der Waals surface area contributed by atoms with Crippen molar-refractivity contribution in [3.8, 4) is 0 Å². The predicted molar refractivity (Wildman–Crippen MR) is 64.4 cm³/mol. The van der Waals surface area contributed by atoms with Gasteiger partial charge >= 0.3 is 0 Å². The first-order valence-electron chi connectivity index (χ1n) is 5.48. The predicted octanol–water partition coefficient (Wildman–Crippen LogP) is 2.94. The zero-order valence-electron chi connectivity index (χ0n) is 9.57. The van der Waals surface area contributed by atoms with Crippen molar-refractivity contribution in [2.45, 2.75) is 26.8 Å². The van der Waals surface area contributed by atoms with Crippen LogP contribution in [0.25, 0.3) is 0 Å². The summed E-state index contributed by atoms with van der Waals surface area (Å²) in [6.45, 7) is 6.61. The van der Waals surface area contributed by atoms with Crippen LogP contribution in [0.2, 0.25) is 0 Å². The summed E-state index contributed by atoms with van der Waals surface area (Å²) in [5.74, 6) is 0.619. The molecule has 1 aliphatic rings. The Balaban J connectivity index is 2.18. The van der Waals surface area contributed by atoms with E-state index in [2.05, 4.69) is 61.5 Å². The van der Waals surface area contributed by atoms with Crippen LogP contribution in [0, 0.1) is 5.92 Å². The third-order valence-corrected chi connectivity index (χ3v) is 2.78. The van der Waals surface area contributed by atoms with Gasteiger partial charge in [0.05, 0.1) is 5.69 Å². The van der Waals surface area contributed by atoms with Gasteiger partial charge in [0, 0.05) is 11.7 Å². The average molecular weight is 202 g/mol. The number of para-hydroxylation sites is 1. The number of allylic oxidation sites excluding steroid dienone is 1. The van der Waals surface area contributed by atoms with E-state index in [4.69, 9.17) is 0 Å². The smallest absolute Gasteiger partial charge is 0.0573 e. The Hall–Kier alpha value is -1.28. The second-order valence-electron chi connectivity index (χ2n) is 4.38. The van der Waals surface area contributed by atoms with E-state index in [0.29, 0.717) is 12.0 Å². The molecule has 2 heteroatoms. The van der Waals surface area contributed by atoms with E-state index in [9.17, 15) is 0 Å². The van der Waals surface area contributed by atoms with Gasteiger partial charge in [-0.15, -0.1) is 0 Å². The number of hydrazine groups is 1. The van der Waals surface area contributed by atoms with Crippen LogP contribution < -0.4 is 10.4 Å². The maximum absolute atomic E-state index is 3.50. The summed E-state index contributed by atoms with van der Waals surface area (Å²) in [5, 5.41) is 2.16. The third-order valence-electron chi connectivity index (χ3n) is 2.78. The lowest BCUT2D eigenvalue weighted by molar-refractivity contribution is 0.489. The molecule has 0 saturated heterocycles. The van der Waals surface area contributed by atoms with Crippen molar-refractivity contribution < 1.29 is 0 Å². The van der Waals surface area contributed by atoms with Crippen LogP contribution in [0.4, 0.5) is 5.69 Å². The highest BCUT2D eigenvalue weighted by molar-refractivity contribution is 5.52. The van der Waals surface area contributed by atoms with E-state index < -0.39 is 0 Å². The minimum atomic E-state index is 0.449. The van der Waals surface area contributed by atoms with Gasteiger partial charge in [0.2, 0.25) is 0 Å². The molecule has 0 aromatic heterocycles. The zero-order valence-corrected chi connectivity index (χ0v) is 9.57. The molecule has 1 heterocycles. The normalized spacial score (nSPS) is 20.9. The summed E-state index contributed by atoms with van der Waals surface area (Å²) in [7, 11) is 0. The first kappa shape index (κ1) is 10.2. The van der Waals surface area contributed by atoms with E-state index in [1.165, 1.54) is 11.4 Å². The number of nitrogens with one attached hydrogen (secondary N) is 1. The maximum Gasteiger partial charge on any atom is 0.0573 e. The molecule has 0 saturated carbocycles. The summed E-state index contributed by atoms with van der Waals surface area (Å²) in [6, 6.07) is 10.9. The minimum Gasteiger partial charge on any atom is -0.281 e. The number of rotatable bonds is 2. The lowest BCUT2D eigenvalue weighted by Crippen LogP contribution is -2.39. The van der Waals surface area contributed by atoms with Gasteiger partial charge in [-0.05, 0) is 31.1 Å². The van der Waals surface area contributed by atoms with Crippen LogP contribution in [0.1, 0.15) is 20.8 Å². The Morgan fingerprint density at radius 1 is 1.20 bits per heavy atom. The first-order chi connectivity index (χ1) is 7.18. The SMILES string of the molecule is CC1=CC(C(C)C)NN1c1ccccc1. The molecule has 2 rings (SSSR count). The number of hydrogen-bond donors (Lipinski definition) is 1. The summed E-state index contributed by atoms with van der Waals surface area (Å²) < 4.78 is 0. The number of nitrogens with zero attached hydrogens (tertiary/aromatic N) is 1. The molecule has 0 fully saturated rings. The highest BCUT2D eigenvalue weighted by Crippen LogP contribution is 2.23. The van der Waals surface area contributed by atoms with Crippen LogP contribution in [0.5, 0.6) is 0 Å². The van der Waals surface area contributed by atoms with E-state index in [1.54, 1.807) is 0 Å². The fourth-order valence-electron chi connectivity index (χ4n) is 1.82. The van der Waals surface area contributed by atoms with Crippen molar-refractivity contribution in [3.05, 3.63) is 42.1 Å². The molecule has 2 nitrogen and oxygen atoms in total. The zero-order chi connectivity index (χ0) is 10.8.